The highest BCUT2D eigenvalue weighted by molar-refractivity contribution is 6.30. The topological polar surface area (TPSA) is 107 Å². The lowest BCUT2D eigenvalue weighted by atomic mass is 10.0. The van der Waals surface area contributed by atoms with E-state index in [9.17, 15) is 4.79 Å². The Hall–Kier alpha value is -2.56. The lowest BCUT2D eigenvalue weighted by molar-refractivity contribution is -0.172. The van der Waals surface area contributed by atoms with Crippen molar-refractivity contribution >= 4 is 17.7 Å². The van der Waals surface area contributed by atoms with Crippen LogP contribution in [0.5, 0.6) is 11.5 Å². The zero-order chi connectivity index (χ0) is 24.8. The minimum atomic E-state index is -1.21. The Bertz CT molecular complexity index is 1010. The van der Waals surface area contributed by atoms with Crippen molar-refractivity contribution in [1.82, 2.24) is 4.90 Å². The van der Waals surface area contributed by atoms with Crippen LogP contribution in [-0.4, -0.2) is 79.2 Å². The number of carbonyl (C=O) groups excluding carboxylic acids is 1. The highest BCUT2D eigenvalue weighted by Crippen LogP contribution is 2.41. The van der Waals surface area contributed by atoms with Crippen molar-refractivity contribution < 1.29 is 38.7 Å². The van der Waals surface area contributed by atoms with E-state index in [0.717, 1.165) is 11.1 Å². The maximum Gasteiger partial charge on any atom is 0.410 e. The number of hydrogen-bond acceptors (Lipinski definition) is 8. The number of ether oxygens (including phenoxy) is 5. The van der Waals surface area contributed by atoms with Crippen LogP contribution in [-0.2, 0) is 20.6 Å². The third-order valence-corrected chi connectivity index (χ3v) is 6.07. The van der Waals surface area contributed by atoms with Gasteiger partial charge >= 0.3 is 6.09 Å². The van der Waals surface area contributed by atoms with Crippen LogP contribution in [0.4, 0.5) is 4.79 Å². The molecule has 1 saturated heterocycles. The normalized spacial score (nSPS) is 19.1. The number of aliphatic hydroxyl groups is 2. The van der Waals surface area contributed by atoms with Crippen molar-refractivity contribution in [3.05, 3.63) is 58.6 Å². The average Bonchev–Trinajstić information content (AvgIpc) is 3.40. The fraction of sp³-hybridized carbons (Fsp3) is 0.480. The van der Waals surface area contributed by atoms with Gasteiger partial charge in [-0.25, -0.2) is 4.79 Å². The molecule has 4 rings (SSSR count). The van der Waals surface area contributed by atoms with Crippen LogP contribution in [0.25, 0.3) is 0 Å². The second-order valence-corrected chi connectivity index (χ2v) is 9.02. The van der Waals surface area contributed by atoms with Crippen LogP contribution < -0.4 is 9.47 Å². The average molecular weight is 508 g/mol. The van der Waals surface area contributed by atoms with Gasteiger partial charge in [-0.2, -0.15) is 0 Å². The second kappa shape index (κ2) is 11.5. The number of aliphatic hydroxyl groups excluding tert-OH is 2. The van der Waals surface area contributed by atoms with Gasteiger partial charge in [0.2, 0.25) is 0 Å². The van der Waals surface area contributed by atoms with Crippen molar-refractivity contribution in [2.75, 3.05) is 46.2 Å². The summed E-state index contributed by atoms with van der Waals surface area (Å²) in [5, 5.41) is 18.6. The molecule has 0 saturated carbocycles. The van der Waals surface area contributed by atoms with Gasteiger partial charge in [0.1, 0.15) is 19.3 Å². The first-order valence-electron chi connectivity index (χ1n) is 11.5. The maximum absolute atomic E-state index is 12.6. The molecule has 0 aliphatic carbocycles. The molecule has 190 valence electrons. The molecule has 35 heavy (non-hydrogen) atoms. The number of amides is 1. The first-order chi connectivity index (χ1) is 16.9. The monoisotopic (exact) mass is 507 g/mol. The Morgan fingerprint density at radius 1 is 1.09 bits per heavy atom. The van der Waals surface area contributed by atoms with E-state index < -0.39 is 5.79 Å². The molecule has 0 radical (unpaired) electrons. The molecule has 2 heterocycles. The van der Waals surface area contributed by atoms with Crippen molar-refractivity contribution in [3.8, 4) is 11.5 Å². The predicted octanol–water partition coefficient (Wildman–Crippen LogP) is 2.95. The minimum absolute atomic E-state index is 0.0455. The summed E-state index contributed by atoms with van der Waals surface area (Å²) in [6.45, 7) is 2.53. The second-order valence-electron chi connectivity index (χ2n) is 8.58. The van der Waals surface area contributed by atoms with E-state index in [1.807, 2.05) is 43.3 Å². The summed E-state index contributed by atoms with van der Waals surface area (Å²) in [4.78, 5) is 14.3. The summed E-state index contributed by atoms with van der Waals surface area (Å²) in [7, 11) is 0. The van der Waals surface area contributed by atoms with E-state index in [1.165, 1.54) is 0 Å². The lowest BCUT2D eigenvalue weighted by Crippen LogP contribution is -2.48. The fourth-order valence-corrected chi connectivity index (χ4v) is 4.38. The predicted molar refractivity (Wildman–Crippen MR) is 127 cm³/mol. The van der Waals surface area contributed by atoms with E-state index >= 15 is 0 Å². The van der Waals surface area contributed by atoms with Crippen LogP contribution in [0.3, 0.4) is 0 Å². The first kappa shape index (κ1) is 25.5. The van der Waals surface area contributed by atoms with Gasteiger partial charge in [0.25, 0.3) is 5.79 Å². The number of halogens is 1. The molecule has 10 heteroatoms. The standard InChI is InChI=1S/C25H30ClNO8/c1-17(27-14-23(33-24(27)30)19-3-2-4-20(26)13-19)11-18-5-6-21-22(12-18)35-25(34-21,15-31-9-7-28)16-32-10-8-29/h2-6,12-13,17,23,28-29H,7-11,14-16H2,1H3/t17-,23+/m0/s1. The molecule has 2 aromatic rings. The van der Waals surface area contributed by atoms with Crippen molar-refractivity contribution in [2.45, 2.75) is 31.3 Å². The third-order valence-electron chi connectivity index (χ3n) is 5.84. The van der Waals surface area contributed by atoms with Crippen LogP contribution in [0.15, 0.2) is 42.5 Å². The van der Waals surface area contributed by atoms with Crippen molar-refractivity contribution in [3.63, 3.8) is 0 Å². The molecule has 2 N–H and O–H groups in total. The Morgan fingerprint density at radius 2 is 1.80 bits per heavy atom. The minimum Gasteiger partial charge on any atom is -0.444 e. The first-order valence-corrected chi connectivity index (χ1v) is 11.9. The summed E-state index contributed by atoms with van der Waals surface area (Å²) in [6.07, 6.45) is -0.133. The zero-order valence-electron chi connectivity index (χ0n) is 19.5. The van der Waals surface area contributed by atoms with Gasteiger partial charge in [-0.15, -0.1) is 0 Å². The molecule has 2 aliphatic rings. The fourth-order valence-electron chi connectivity index (χ4n) is 4.18. The Kier molecular flexibility index (Phi) is 8.35. The molecule has 2 aromatic carbocycles. The molecule has 1 amide bonds. The van der Waals surface area contributed by atoms with Gasteiger partial charge in [-0.1, -0.05) is 29.8 Å². The van der Waals surface area contributed by atoms with E-state index in [-0.39, 0.29) is 57.9 Å². The lowest BCUT2D eigenvalue weighted by Gasteiger charge is -2.27. The van der Waals surface area contributed by atoms with E-state index in [4.69, 9.17) is 45.5 Å². The smallest absolute Gasteiger partial charge is 0.410 e. The summed E-state index contributed by atoms with van der Waals surface area (Å²) in [5.74, 6) is -0.126. The summed E-state index contributed by atoms with van der Waals surface area (Å²) in [6, 6.07) is 12.8. The number of hydrogen-bond donors (Lipinski definition) is 2. The van der Waals surface area contributed by atoms with E-state index in [0.29, 0.717) is 29.5 Å². The molecule has 2 aliphatic heterocycles. The van der Waals surface area contributed by atoms with Gasteiger partial charge in [0, 0.05) is 11.1 Å². The third kappa shape index (κ3) is 6.17. The van der Waals surface area contributed by atoms with Crippen molar-refractivity contribution in [1.29, 1.82) is 0 Å². The molecule has 0 unspecified atom stereocenters. The van der Waals surface area contributed by atoms with Crippen LogP contribution >= 0.6 is 11.6 Å². The van der Waals surface area contributed by atoms with Crippen LogP contribution in [0.2, 0.25) is 5.02 Å². The molecule has 0 spiro atoms. The summed E-state index contributed by atoms with van der Waals surface area (Å²) in [5.41, 5.74) is 1.83. The Balaban J connectivity index is 1.40. The molecule has 0 bridgehead atoms. The van der Waals surface area contributed by atoms with Crippen molar-refractivity contribution in [2.24, 2.45) is 0 Å². The highest BCUT2D eigenvalue weighted by Gasteiger charge is 2.43. The molecule has 2 atom stereocenters. The van der Waals surface area contributed by atoms with Gasteiger partial charge in [0.15, 0.2) is 11.5 Å². The molecule has 9 nitrogen and oxygen atoms in total. The molecular formula is C25H30ClNO8. The number of cyclic esters (lactones) is 1. The molecule has 1 fully saturated rings. The van der Waals surface area contributed by atoms with Crippen LogP contribution in [0.1, 0.15) is 24.2 Å². The van der Waals surface area contributed by atoms with E-state index in [1.54, 1.807) is 11.0 Å². The largest absolute Gasteiger partial charge is 0.444 e. The number of nitrogens with zero attached hydrogens (tertiary/aromatic N) is 1. The zero-order valence-corrected chi connectivity index (χ0v) is 20.3. The van der Waals surface area contributed by atoms with Gasteiger partial charge in [-0.05, 0) is 48.7 Å². The Labute approximate surface area is 209 Å². The molecular weight excluding hydrogens is 478 g/mol. The maximum atomic E-state index is 12.6. The number of rotatable bonds is 12. The Morgan fingerprint density at radius 3 is 2.49 bits per heavy atom. The quantitative estimate of drug-likeness (QED) is 0.422. The summed E-state index contributed by atoms with van der Waals surface area (Å²) >= 11 is 6.09. The number of benzene rings is 2. The van der Waals surface area contributed by atoms with Gasteiger partial charge in [-0.3, -0.25) is 0 Å². The number of carbonyl (C=O) groups is 1. The summed E-state index contributed by atoms with van der Waals surface area (Å²) < 4.78 is 28.6. The SMILES string of the molecule is C[C@@H](Cc1ccc2c(c1)OC(COCCO)(COCCO)O2)N1C[C@H](c2cccc(Cl)c2)OC1=O. The van der Waals surface area contributed by atoms with E-state index in [2.05, 4.69) is 0 Å². The van der Waals surface area contributed by atoms with Crippen LogP contribution in [0, 0.1) is 0 Å². The van der Waals surface area contributed by atoms with Gasteiger partial charge < -0.3 is 38.8 Å². The number of fused-ring (bicyclic) bond motifs is 1. The van der Waals surface area contributed by atoms with Gasteiger partial charge in [0.05, 0.1) is 33.0 Å². The highest BCUT2D eigenvalue weighted by atomic mass is 35.5. The molecule has 0 aromatic heterocycles.